The van der Waals surface area contributed by atoms with Crippen LogP contribution in [0.3, 0.4) is 0 Å². The number of nitrogens with one attached hydrogen (secondary N) is 2. The number of nitriles is 1. The molecule has 0 spiro atoms. The van der Waals surface area contributed by atoms with Crippen LogP contribution in [0, 0.1) is 28.6 Å². The Morgan fingerprint density at radius 2 is 1.76 bits per heavy atom. The van der Waals surface area contributed by atoms with Crippen LogP contribution in [0.15, 0.2) is 30.3 Å². The third-order valence-corrected chi connectivity index (χ3v) is 6.01. The molecule has 0 radical (unpaired) electrons. The van der Waals surface area contributed by atoms with Gasteiger partial charge in [0.05, 0.1) is 18.7 Å². The van der Waals surface area contributed by atoms with Gasteiger partial charge >= 0.3 is 6.09 Å². The van der Waals surface area contributed by atoms with Gasteiger partial charge in [-0.05, 0) is 50.2 Å². The lowest BCUT2D eigenvalue weighted by Gasteiger charge is -2.27. The second kappa shape index (κ2) is 17.3. The van der Waals surface area contributed by atoms with Gasteiger partial charge in [0.1, 0.15) is 18.4 Å². The summed E-state index contributed by atoms with van der Waals surface area (Å²) in [6.45, 7) is 12.2. The quantitative estimate of drug-likeness (QED) is 0.418. The first-order valence-electron chi connectivity index (χ1n) is 14.3. The zero-order chi connectivity index (χ0) is 31.2. The van der Waals surface area contributed by atoms with E-state index in [1.807, 2.05) is 43.4 Å². The molecule has 2 aliphatic rings. The molecule has 3 unspecified atom stereocenters. The van der Waals surface area contributed by atoms with Crippen molar-refractivity contribution in [2.75, 3.05) is 32.5 Å². The van der Waals surface area contributed by atoms with Gasteiger partial charge in [0.15, 0.2) is 0 Å². The first-order chi connectivity index (χ1) is 19.2. The maximum Gasteiger partial charge on any atom is 0.408 e. The Hall–Kier alpha value is -3.61. The lowest BCUT2D eigenvalue weighted by Crippen LogP contribution is -2.51. The van der Waals surface area contributed by atoms with Crippen LogP contribution in [-0.4, -0.2) is 79.4 Å². The van der Waals surface area contributed by atoms with E-state index in [2.05, 4.69) is 38.3 Å². The van der Waals surface area contributed by atoms with Gasteiger partial charge in [-0.15, -0.1) is 0 Å². The highest BCUT2D eigenvalue weighted by atomic mass is 16.6. The molecule has 1 aliphatic carbocycles. The van der Waals surface area contributed by atoms with E-state index in [1.54, 1.807) is 13.8 Å². The Bertz CT molecular complexity index is 1010. The van der Waals surface area contributed by atoms with Gasteiger partial charge in [-0.25, -0.2) is 4.79 Å². The van der Waals surface area contributed by atoms with Gasteiger partial charge < -0.3 is 30.0 Å². The second-order valence-corrected chi connectivity index (χ2v) is 12.5. The minimum atomic E-state index is -0.760. The van der Waals surface area contributed by atoms with Crippen molar-refractivity contribution in [3.63, 3.8) is 0 Å². The molecular weight excluding hydrogens is 522 g/mol. The highest BCUT2D eigenvalue weighted by Crippen LogP contribution is 2.34. The lowest BCUT2D eigenvalue weighted by atomic mass is 10.0. The molecule has 10 nitrogen and oxygen atoms in total. The van der Waals surface area contributed by atoms with E-state index in [0.717, 1.165) is 24.8 Å². The number of ether oxygens (including phenoxy) is 1. The monoisotopic (exact) mass is 571 g/mol. The van der Waals surface area contributed by atoms with Gasteiger partial charge in [0.25, 0.3) is 0 Å². The average molecular weight is 572 g/mol. The number of carbonyl (C=O) groups is 4. The Balaban J connectivity index is 0.000000530. The van der Waals surface area contributed by atoms with Crippen LogP contribution in [0.2, 0.25) is 0 Å². The molecule has 1 saturated heterocycles. The molecule has 1 aliphatic heterocycles. The molecule has 2 N–H and O–H groups in total. The van der Waals surface area contributed by atoms with Crippen LogP contribution in [0.1, 0.15) is 67.2 Å². The molecule has 0 bridgehead atoms. The SMILES string of the molecule is CC(C)(C)C.CC(C)OC(=O)NC(CC1CC1)C(=O)N(C)CC(=O)N1CC(C=O)CC1C#N.CNc1ccccc1. The van der Waals surface area contributed by atoms with E-state index >= 15 is 0 Å². The fraction of sp³-hybridized carbons (Fsp3) is 0.645. The van der Waals surface area contributed by atoms with Crippen molar-refractivity contribution in [1.29, 1.82) is 5.26 Å². The summed E-state index contributed by atoms with van der Waals surface area (Å²) >= 11 is 0. The number of anilines is 1. The zero-order valence-corrected chi connectivity index (χ0v) is 26.0. The van der Waals surface area contributed by atoms with Crippen molar-refractivity contribution in [3.05, 3.63) is 30.3 Å². The summed E-state index contributed by atoms with van der Waals surface area (Å²) in [4.78, 5) is 50.9. The fourth-order valence-electron chi connectivity index (χ4n) is 3.91. The number of alkyl carbamates (subject to hydrolysis) is 1. The number of benzene rings is 1. The minimum absolute atomic E-state index is 0.188. The van der Waals surface area contributed by atoms with Crippen LogP contribution in [0.25, 0.3) is 0 Å². The normalized spacial score (nSPS) is 18.4. The van der Waals surface area contributed by atoms with Crippen molar-refractivity contribution < 1.29 is 23.9 Å². The molecule has 10 heteroatoms. The summed E-state index contributed by atoms with van der Waals surface area (Å²) in [5.74, 6) is -0.737. The van der Waals surface area contributed by atoms with Gasteiger partial charge in [-0.3, -0.25) is 9.59 Å². The molecular formula is C31H49N5O5. The predicted octanol–water partition coefficient (Wildman–Crippen LogP) is 4.47. The average Bonchev–Trinajstić information content (AvgIpc) is 3.61. The summed E-state index contributed by atoms with van der Waals surface area (Å²) in [6.07, 6.45) is 2.63. The van der Waals surface area contributed by atoms with E-state index in [9.17, 15) is 24.4 Å². The van der Waals surface area contributed by atoms with E-state index in [1.165, 1.54) is 16.8 Å². The second-order valence-electron chi connectivity index (χ2n) is 12.5. The highest BCUT2D eigenvalue weighted by molar-refractivity contribution is 5.89. The first-order valence-corrected chi connectivity index (χ1v) is 14.3. The van der Waals surface area contributed by atoms with Crippen molar-refractivity contribution in [1.82, 2.24) is 15.1 Å². The summed E-state index contributed by atoms with van der Waals surface area (Å²) in [5, 5.41) is 14.8. The molecule has 1 heterocycles. The van der Waals surface area contributed by atoms with Crippen LogP contribution in [-0.2, 0) is 19.1 Å². The first kappa shape index (κ1) is 35.4. The number of hydrogen-bond acceptors (Lipinski definition) is 7. The number of amides is 3. The van der Waals surface area contributed by atoms with Gasteiger partial charge in [0, 0.05) is 32.2 Å². The number of likely N-dealkylation sites (N-methyl/N-ethyl adjacent to an activating group) is 1. The number of para-hydroxylation sites is 1. The Kier molecular flexibility index (Phi) is 14.9. The highest BCUT2D eigenvalue weighted by Gasteiger charge is 2.37. The Morgan fingerprint density at radius 3 is 2.20 bits per heavy atom. The summed E-state index contributed by atoms with van der Waals surface area (Å²) in [7, 11) is 3.40. The Labute approximate surface area is 245 Å². The number of rotatable bonds is 9. The molecule has 3 amide bonds. The van der Waals surface area contributed by atoms with Crippen LogP contribution in [0.5, 0.6) is 0 Å². The maximum absolute atomic E-state index is 12.8. The molecule has 0 aromatic heterocycles. The van der Waals surface area contributed by atoms with Gasteiger partial charge in [-0.2, -0.15) is 5.26 Å². The molecule has 2 fully saturated rings. The van der Waals surface area contributed by atoms with E-state index < -0.39 is 18.2 Å². The molecule has 1 aromatic rings. The topological polar surface area (TPSA) is 132 Å². The molecule has 41 heavy (non-hydrogen) atoms. The minimum Gasteiger partial charge on any atom is -0.447 e. The van der Waals surface area contributed by atoms with Crippen LogP contribution in [0.4, 0.5) is 10.5 Å². The smallest absolute Gasteiger partial charge is 0.408 e. The van der Waals surface area contributed by atoms with Gasteiger partial charge in [0.2, 0.25) is 11.8 Å². The molecule has 1 aromatic carbocycles. The third kappa shape index (κ3) is 15.1. The standard InChI is InChI=1S/C19H28N4O5.C7H9N.C5H12/c1-12(2)28-19(27)21-16(7-13-4-5-13)18(26)22(3)10-17(25)23-9-14(11-24)6-15(23)8-20;1-8-7-5-3-2-4-6-7;1-5(2,3)4/h11-16H,4-7,9-10H2,1-3H3,(H,21,27);2-6,8H,1H3;1-4H3. The number of hydrogen-bond donors (Lipinski definition) is 2. The number of likely N-dealkylation sites (tertiary alicyclic amines) is 1. The molecule has 1 saturated carbocycles. The van der Waals surface area contributed by atoms with E-state index in [0.29, 0.717) is 24.2 Å². The van der Waals surface area contributed by atoms with Crippen molar-refractivity contribution in [3.8, 4) is 6.07 Å². The van der Waals surface area contributed by atoms with Crippen molar-refractivity contribution in [2.45, 2.75) is 85.4 Å². The number of carbonyl (C=O) groups excluding carboxylic acids is 4. The van der Waals surface area contributed by atoms with Crippen LogP contribution < -0.4 is 10.6 Å². The number of aldehydes is 1. The third-order valence-electron chi connectivity index (χ3n) is 6.01. The van der Waals surface area contributed by atoms with Crippen molar-refractivity contribution in [2.24, 2.45) is 17.3 Å². The van der Waals surface area contributed by atoms with E-state index in [-0.39, 0.29) is 36.9 Å². The summed E-state index contributed by atoms with van der Waals surface area (Å²) in [6, 6.07) is 10.7. The predicted molar refractivity (Wildman–Crippen MR) is 160 cm³/mol. The largest absolute Gasteiger partial charge is 0.447 e. The van der Waals surface area contributed by atoms with E-state index in [4.69, 9.17) is 4.74 Å². The molecule has 228 valence electrons. The molecule has 3 rings (SSSR count). The maximum atomic E-state index is 12.8. The fourth-order valence-corrected chi connectivity index (χ4v) is 3.91. The summed E-state index contributed by atoms with van der Waals surface area (Å²) in [5.41, 5.74) is 1.66. The zero-order valence-electron chi connectivity index (χ0n) is 26.0. The van der Waals surface area contributed by atoms with Gasteiger partial charge in [-0.1, -0.05) is 58.7 Å². The summed E-state index contributed by atoms with van der Waals surface area (Å²) < 4.78 is 5.06. The number of nitrogens with zero attached hydrogens (tertiary/aromatic N) is 3. The molecule has 3 atom stereocenters. The Morgan fingerprint density at radius 1 is 1.17 bits per heavy atom. The lowest BCUT2D eigenvalue weighted by molar-refractivity contribution is -0.140. The van der Waals surface area contributed by atoms with Crippen LogP contribution >= 0.6 is 0 Å². The van der Waals surface area contributed by atoms with Crippen molar-refractivity contribution >= 4 is 29.9 Å².